The van der Waals surface area contributed by atoms with Crippen molar-refractivity contribution >= 4 is 52.3 Å². The molecule has 6 nitrogen and oxygen atoms in total. The van der Waals surface area contributed by atoms with Gasteiger partial charge in [0.05, 0.1) is 36.6 Å². The number of carbonyl (C=O) groups excluding carboxylic acids is 1. The number of rotatable bonds is 5. The van der Waals surface area contributed by atoms with E-state index in [4.69, 9.17) is 5.11 Å². The summed E-state index contributed by atoms with van der Waals surface area (Å²) in [5.41, 5.74) is -2.63. The molecule has 0 aromatic heterocycles. The first kappa shape index (κ1) is 23.7. The zero-order chi connectivity index (χ0) is 20.6. The zero-order valence-electron chi connectivity index (χ0n) is 14.7. The average molecular weight is 545 g/mol. The second-order valence-corrected chi connectivity index (χ2v) is 7.74. The number of β-amino-alcohol motifs (C(OH)–C–C–N with tert-alkyl or cyclic N) is 1. The molecule has 3 rings (SSSR count). The molecule has 0 spiro atoms. The third kappa shape index (κ3) is 4.61. The molecule has 0 radical (unpaired) electrons. The van der Waals surface area contributed by atoms with Crippen LogP contribution < -0.4 is 5.32 Å². The molecule has 1 fully saturated rings. The molecule has 1 atom stereocenters. The first-order valence-electron chi connectivity index (χ1n) is 8.17. The molecule has 4 N–H and O–H groups in total. The Morgan fingerprint density at radius 2 is 1.86 bits per heavy atom. The summed E-state index contributed by atoms with van der Waals surface area (Å²) >= 11 is 1.89. The summed E-state index contributed by atoms with van der Waals surface area (Å²) in [5.74, 6) is -4.03. The van der Waals surface area contributed by atoms with Crippen LogP contribution in [0.2, 0.25) is 0 Å². The van der Waals surface area contributed by atoms with E-state index in [2.05, 4.69) is 5.32 Å². The lowest BCUT2D eigenvalue weighted by Crippen LogP contribution is -2.69. The molecular weight excluding hydrogens is 528 g/mol. The van der Waals surface area contributed by atoms with Crippen molar-refractivity contribution < 1.29 is 33.3 Å². The van der Waals surface area contributed by atoms with Crippen molar-refractivity contribution in [2.75, 3.05) is 25.0 Å². The van der Waals surface area contributed by atoms with Gasteiger partial charge in [-0.2, -0.15) is 0 Å². The first-order valence-corrected chi connectivity index (χ1v) is 9.25. The van der Waals surface area contributed by atoms with E-state index in [9.17, 15) is 28.2 Å². The van der Waals surface area contributed by atoms with E-state index in [1.807, 2.05) is 22.6 Å². The number of halogens is 5. The van der Waals surface area contributed by atoms with Gasteiger partial charge in [0.1, 0.15) is 17.5 Å². The quantitative estimate of drug-likeness (QED) is 0.434. The van der Waals surface area contributed by atoms with Crippen molar-refractivity contribution in [1.82, 2.24) is 4.90 Å². The van der Waals surface area contributed by atoms with Crippen LogP contribution in [0.4, 0.5) is 24.5 Å². The molecule has 2 aromatic rings. The monoisotopic (exact) mass is 544 g/mol. The standard InChI is InChI=1S/C18H16F3IN2O4.ClH/c19-11-3-2-10(17(27)24-7-18(28,8-24)14(26)6-25)16(15(11)21)23-13-4-1-9(22)5-12(13)20;/h1-5,14,23,25-26,28H,6-8H2;1H. The second-order valence-electron chi connectivity index (χ2n) is 6.50. The number of likely N-dealkylation sites (tertiary alicyclic amines) is 1. The summed E-state index contributed by atoms with van der Waals surface area (Å²) in [4.78, 5) is 13.8. The minimum absolute atomic E-state index is 0. The Kier molecular flexibility index (Phi) is 7.38. The Labute approximate surface area is 183 Å². The predicted molar refractivity (Wildman–Crippen MR) is 110 cm³/mol. The largest absolute Gasteiger partial charge is 0.394 e. The molecular formula is C18H17ClF3IN2O4. The molecule has 0 bridgehead atoms. The van der Waals surface area contributed by atoms with Crippen LogP contribution in [0.15, 0.2) is 30.3 Å². The maximum atomic E-state index is 14.4. The van der Waals surface area contributed by atoms with Crippen molar-refractivity contribution in [3.63, 3.8) is 0 Å². The lowest BCUT2D eigenvalue weighted by molar-refractivity contribution is -0.161. The van der Waals surface area contributed by atoms with Crippen molar-refractivity contribution in [2.24, 2.45) is 0 Å². The molecule has 0 aliphatic carbocycles. The fourth-order valence-corrected chi connectivity index (χ4v) is 3.34. The minimum atomic E-state index is -1.68. The number of nitrogens with one attached hydrogen (secondary N) is 1. The molecule has 2 aromatic carbocycles. The number of aliphatic hydroxyl groups excluding tert-OH is 2. The van der Waals surface area contributed by atoms with Crippen LogP contribution in [0, 0.1) is 21.0 Å². The fourth-order valence-electron chi connectivity index (χ4n) is 2.89. The Hall–Kier alpha value is -1.60. The second kappa shape index (κ2) is 9.04. The lowest BCUT2D eigenvalue weighted by Gasteiger charge is -2.48. The molecule has 11 heteroatoms. The highest BCUT2D eigenvalue weighted by molar-refractivity contribution is 14.1. The van der Waals surface area contributed by atoms with E-state index in [1.165, 1.54) is 12.1 Å². The van der Waals surface area contributed by atoms with Crippen LogP contribution in [-0.2, 0) is 0 Å². The van der Waals surface area contributed by atoms with E-state index >= 15 is 0 Å². The first-order chi connectivity index (χ1) is 13.2. The molecule has 1 aliphatic heterocycles. The number of carbonyl (C=O) groups is 1. The van der Waals surface area contributed by atoms with Gasteiger partial charge in [0.25, 0.3) is 5.91 Å². The molecule has 29 heavy (non-hydrogen) atoms. The smallest absolute Gasteiger partial charge is 0.256 e. The van der Waals surface area contributed by atoms with Crippen molar-refractivity contribution in [2.45, 2.75) is 11.7 Å². The van der Waals surface area contributed by atoms with E-state index in [1.54, 1.807) is 6.07 Å². The predicted octanol–water partition coefficient (Wildman–Crippen LogP) is 2.41. The highest BCUT2D eigenvalue weighted by atomic mass is 127. The molecule has 0 saturated carbocycles. The number of nitrogens with zero attached hydrogens (tertiary/aromatic N) is 1. The highest BCUT2D eigenvalue weighted by Crippen LogP contribution is 2.32. The van der Waals surface area contributed by atoms with E-state index < -0.39 is 47.4 Å². The number of hydrogen-bond donors (Lipinski definition) is 4. The molecule has 1 saturated heterocycles. The van der Waals surface area contributed by atoms with Gasteiger partial charge in [0.15, 0.2) is 11.6 Å². The molecule has 158 valence electrons. The van der Waals surface area contributed by atoms with Crippen LogP contribution >= 0.6 is 35.0 Å². The number of benzene rings is 2. The number of anilines is 2. The average Bonchev–Trinajstić information content (AvgIpc) is 2.63. The van der Waals surface area contributed by atoms with Crippen LogP contribution in [0.25, 0.3) is 0 Å². The maximum Gasteiger partial charge on any atom is 0.256 e. The van der Waals surface area contributed by atoms with Crippen molar-refractivity contribution in [3.8, 4) is 0 Å². The van der Waals surface area contributed by atoms with Gasteiger partial charge >= 0.3 is 0 Å². The van der Waals surface area contributed by atoms with Gasteiger partial charge in [-0.05, 0) is 52.9 Å². The van der Waals surface area contributed by atoms with Gasteiger partial charge in [-0.15, -0.1) is 12.4 Å². The fraction of sp³-hybridized carbons (Fsp3) is 0.278. The number of amides is 1. The van der Waals surface area contributed by atoms with E-state index in [0.29, 0.717) is 3.57 Å². The van der Waals surface area contributed by atoms with Gasteiger partial charge in [0, 0.05) is 3.57 Å². The molecule has 1 amide bonds. The maximum absolute atomic E-state index is 14.4. The highest BCUT2D eigenvalue weighted by Gasteiger charge is 2.49. The third-order valence-corrected chi connectivity index (χ3v) is 5.20. The van der Waals surface area contributed by atoms with Crippen LogP contribution in [-0.4, -0.2) is 57.5 Å². The topological polar surface area (TPSA) is 93.0 Å². The van der Waals surface area contributed by atoms with Crippen LogP contribution in [0.5, 0.6) is 0 Å². The number of aliphatic hydroxyl groups is 3. The van der Waals surface area contributed by atoms with Crippen LogP contribution in [0.1, 0.15) is 10.4 Å². The van der Waals surface area contributed by atoms with Crippen LogP contribution in [0.3, 0.4) is 0 Å². The Balaban J connectivity index is 0.00000300. The van der Waals surface area contributed by atoms with Gasteiger partial charge in [-0.3, -0.25) is 4.79 Å². The summed E-state index contributed by atoms with van der Waals surface area (Å²) in [6.07, 6.45) is -1.44. The Morgan fingerprint density at radius 1 is 1.21 bits per heavy atom. The summed E-state index contributed by atoms with van der Waals surface area (Å²) in [5, 5.41) is 31.1. The normalized spacial score (nSPS) is 15.9. The SMILES string of the molecule is Cl.O=C(c1ccc(F)c(F)c1Nc1ccc(I)cc1F)N1CC(O)(C(O)CO)C1. The summed E-state index contributed by atoms with van der Waals surface area (Å²) in [6.45, 7) is -1.30. The number of hydrogen-bond acceptors (Lipinski definition) is 5. The zero-order valence-corrected chi connectivity index (χ0v) is 17.7. The minimum Gasteiger partial charge on any atom is -0.394 e. The van der Waals surface area contributed by atoms with E-state index in [0.717, 1.165) is 17.0 Å². The molecule has 1 unspecified atom stereocenters. The van der Waals surface area contributed by atoms with Crippen molar-refractivity contribution in [1.29, 1.82) is 0 Å². The molecule has 1 aliphatic rings. The lowest BCUT2D eigenvalue weighted by atomic mass is 9.87. The summed E-state index contributed by atoms with van der Waals surface area (Å²) in [6, 6.07) is 5.89. The van der Waals surface area contributed by atoms with Gasteiger partial charge in [0.2, 0.25) is 0 Å². The summed E-state index contributed by atoms with van der Waals surface area (Å²) in [7, 11) is 0. The Bertz CT molecular complexity index is 928. The third-order valence-electron chi connectivity index (χ3n) is 4.53. The van der Waals surface area contributed by atoms with Gasteiger partial charge in [-0.1, -0.05) is 0 Å². The van der Waals surface area contributed by atoms with Gasteiger partial charge in [-0.25, -0.2) is 13.2 Å². The van der Waals surface area contributed by atoms with Crippen molar-refractivity contribution in [3.05, 3.63) is 56.9 Å². The van der Waals surface area contributed by atoms with E-state index in [-0.39, 0.29) is 36.7 Å². The molecule has 1 heterocycles. The summed E-state index contributed by atoms with van der Waals surface area (Å²) < 4.78 is 42.8. The Morgan fingerprint density at radius 3 is 2.45 bits per heavy atom. The van der Waals surface area contributed by atoms with Gasteiger partial charge < -0.3 is 25.5 Å².